The van der Waals surface area contributed by atoms with Crippen LogP contribution in [0.25, 0.3) is 23.3 Å². The minimum absolute atomic E-state index is 0.934. The summed E-state index contributed by atoms with van der Waals surface area (Å²) < 4.78 is 0. The lowest BCUT2D eigenvalue weighted by Gasteiger charge is -2.28. The summed E-state index contributed by atoms with van der Waals surface area (Å²) in [4.78, 5) is 4.55. The molecular formula is C46H46N2. The lowest BCUT2D eigenvalue weighted by Crippen LogP contribution is -2.17. The van der Waals surface area contributed by atoms with E-state index in [-0.39, 0.29) is 0 Å². The van der Waals surface area contributed by atoms with Crippen LogP contribution in [0.1, 0.15) is 45.2 Å². The molecule has 2 aliphatic rings. The Bertz CT molecular complexity index is 1940. The zero-order valence-electron chi connectivity index (χ0n) is 28.9. The molecule has 0 aromatic heterocycles. The average Bonchev–Trinajstić information content (AvgIpc) is 3.47. The Morgan fingerprint density at radius 2 is 1.40 bits per heavy atom. The zero-order chi connectivity index (χ0) is 34.0. The molecule has 240 valence electrons. The average molecular weight is 627 g/mol. The Labute approximate surface area is 288 Å². The molecular weight excluding hydrogens is 581 g/mol. The van der Waals surface area contributed by atoms with Crippen LogP contribution in [0.4, 0.5) is 17.1 Å². The molecule has 0 aliphatic heterocycles. The van der Waals surface area contributed by atoms with E-state index in [1.54, 1.807) is 0 Å². The van der Waals surface area contributed by atoms with Gasteiger partial charge < -0.3 is 9.80 Å². The monoisotopic (exact) mass is 626 g/mol. The molecule has 2 aliphatic carbocycles. The van der Waals surface area contributed by atoms with Gasteiger partial charge in [-0.2, -0.15) is 0 Å². The summed E-state index contributed by atoms with van der Waals surface area (Å²) >= 11 is 0. The minimum atomic E-state index is 0.934. The highest BCUT2D eigenvalue weighted by Crippen LogP contribution is 2.36. The second-order valence-corrected chi connectivity index (χ2v) is 12.1. The van der Waals surface area contributed by atoms with Gasteiger partial charge in [0.1, 0.15) is 0 Å². The van der Waals surface area contributed by atoms with Gasteiger partial charge in [0.15, 0.2) is 0 Å². The van der Waals surface area contributed by atoms with Gasteiger partial charge in [-0.25, -0.2) is 0 Å². The highest BCUT2D eigenvalue weighted by molar-refractivity contribution is 5.78. The first-order valence-electron chi connectivity index (χ1n) is 16.6. The summed E-state index contributed by atoms with van der Waals surface area (Å²) in [7, 11) is 2.15. The fraction of sp³-hybridized carbons (Fsp3) is 0.130. The van der Waals surface area contributed by atoms with Crippen molar-refractivity contribution in [2.75, 3.05) is 16.8 Å². The molecule has 5 rings (SSSR count). The van der Waals surface area contributed by atoms with Gasteiger partial charge in [0, 0.05) is 35.5 Å². The Morgan fingerprint density at radius 1 is 0.729 bits per heavy atom. The van der Waals surface area contributed by atoms with E-state index in [9.17, 15) is 0 Å². The highest BCUT2D eigenvalue weighted by Gasteiger charge is 2.17. The number of hydrogen-bond donors (Lipinski definition) is 0. The number of hydrogen-bond acceptors (Lipinski definition) is 2. The molecule has 0 radical (unpaired) electrons. The SMILES string of the molecule is C=C/C(=C\C(/C=C\C)=C(C)C)N(c1ccc(-c2ccc(N(C)C3=CC=CC4=CC=CC=C3C4)cc2)cc1)c1ccc(C=C)c(/C=C\C)c1. The second-order valence-electron chi connectivity index (χ2n) is 12.1. The predicted octanol–water partition coefficient (Wildman–Crippen LogP) is 12.9. The van der Waals surface area contributed by atoms with Gasteiger partial charge in [-0.3, -0.25) is 0 Å². The van der Waals surface area contributed by atoms with Gasteiger partial charge in [0.25, 0.3) is 0 Å². The van der Waals surface area contributed by atoms with Crippen molar-refractivity contribution in [3.8, 4) is 11.1 Å². The number of fused-ring (bicyclic) bond motifs is 2. The van der Waals surface area contributed by atoms with Crippen LogP contribution in [0.15, 0.2) is 186 Å². The highest BCUT2D eigenvalue weighted by atomic mass is 15.1. The summed E-state index contributed by atoms with van der Waals surface area (Å²) in [6.07, 6.45) is 30.6. The molecule has 0 saturated carbocycles. The summed E-state index contributed by atoms with van der Waals surface area (Å²) in [5, 5.41) is 0. The van der Waals surface area contributed by atoms with Crippen molar-refractivity contribution in [3.63, 3.8) is 0 Å². The molecule has 0 N–H and O–H groups in total. The zero-order valence-corrected chi connectivity index (χ0v) is 28.9. The first kappa shape index (κ1) is 33.8. The van der Waals surface area contributed by atoms with E-state index in [2.05, 4.69) is 183 Å². The van der Waals surface area contributed by atoms with Crippen molar-refractivity contribution in [3.05, 3.63) is 198 Å². The van der Waals surface area contributed by atoms with Crippen molar-refractivity contribution in [2.45, 2.75) is 34.1 Å². The van der Waals surface area contributed by atoms with Crippen LogP contribution in [-0.4, -0.2) is 7.05 Å². The van der Waals surface area contributed by atoms with E-state index in [1.807, 2.05) is 26.0 Å². The van der Waals surface area contributed by atoms with Crippen molar-refractivity contribution >= 4 is 29.2 Å². The van der Waals surface area contributed by atoms with Gasteiger partial charge in [0.2, 0.25) is 0 Å². The van der Waals surface area contributed by atoms with Crippen molar-refractivity contribution in [2.24, 2.45) is 0 Å². The van der Waals surface area contributed by atoms with Crippen molar-refractivity contribution in [1.29, 1.82) is 0 Å². The first-order valence-corrected chi connectivity index (χ1v) is 16.6. The molecule has 0 spiro atoms. The van der Waals surface area contributed by atoms with Gasteiger partial charge >= 0.3 is 0 Å². The Balaban J connectivity index is 1.49. The molecule has 0 amide bonds. The molecule has 0 saturated heterocycles. The number of anilines is 3. The maximum absolute atomic E-state index is 4.24. The number of allylic oxidation sites excluding steroid dienone is 16. The molecule has 2 nitrogen and oxygen atoms in total. The maximum Gasteiger partial charge on any atom is 0.0468 e. The number of rotatable bonds is 11. The summed E-state index contributed by atoms with van der Waals surface area (Å²) in [6, 6.07) is 24.1. The maximum atomic E-state index is 4.24. The lowest BCUT2D eigenvalue weighted by molar-refractivity contribution is 1.06. The Kier molecular flexibility index (Phi) is 11.1. The van der Waals surface area contributed by atoms with Gasteiger partial charge in [-0.05, 0) is 128 Å². The molecule has 2 bridgehead atoms. The third-order valence-electron chi connectivity index (χ3n) is 8.67. The van der Waals surface area contributed by atoms with Crippen LogP contribution >= 0.6 is 0 Å². The quantitative estimate of drug-likeness (QED) is 0.195. The van der Waals surface area contributed by atoms with Gasteiger partial charge in [0.05, 0.1) is 0 Å². The van der Waals surface area contributed by atoms with Crippen LogP contribution in [0.5, 0.6) is 0 Å². The molecule has 3 aromatic carbocycles. The minimum Gasteiger partial charge on any atom is -0.344 e. The van der Waals surface area contributed by atoms with E-state index < -0.39 is 0 Å². The van der Waals surface area contributed by atoms with Crippen LogP contribution < -0.4 is 9.80 Å². The molecule has 3 aromatic rings. The fourth-order valence-corrected chi connectivity index (χ4v) is 6.07. The fourth-order valence-electron chi connectivity index (χ4n) is 6.07. The van der Waals surface area contributed by atoms with Crippen molar-refractivity contribution in [1.82, 2.24) is 0 Å². The Hall–Kier alpha value is -5.60. The molecule has 0 unspecified atom stereocenters. The van der Waals surface area contributed by atoms with E-state index in [4.69, 9.17) is 0 Å². The smallest absolute Gasteiger partial charge is 0.0468 e. The summed E-state index contributed by atoms with van der Waals surface area (Å²) in [6.45, 7) is 16.6. The molecule has 0 fully saturated rings. The molecule has 0 atom stereocenters. The largest absolute Gasteiger partial charge is 0.344 e. The van der Waals surface area contributed by atoms with E-state index in [0.717, 1.165) is 51.4 Å². The van der Waals surface area contributed by atoms with Gasteiger partial charge in [-0.15, -0.1) is 0 Å². The predicted molar refractivity (Wildman–Crippen MR) is 212 cm³/mol. The van der Waals surface area contributed by atoms with E-state index in [1.165, 1.54) is 28.0 Å². The van der Waals surface area contributed by atoms with Crippen LogP contribution in [-0.2, 0) is 0 Å². The first-order chi connectivity index (χ1) is 23.4. The van der Waals surface area contributed by atoms with Crippen LogP contribution in [0.2, 0.25) is 0 Å². The third-order valence-corrected chi connectivity index (χ3v) is 8.67. The lowest BCUT2D eigenvalue weighted by atomic mass is 10.0. The van der Waals surface area contributed by atoms with Crippen LogP contribution in [0, 0.1) is 0 Å². The Morgan fingerprint density at radius 3 is 2.02 bits per heavy atom. The third kappa shape index (κ3) is 7.67. The topological polar surface area (TPSA) is 6.48 Å². The van der Waals surface area contributed by atoms with Gasteiger partial charge in [-0.1, -0.05) is 116 Å². The van der Waals surface area contributed by atoms with E-state index in [0.29, 0.717) is 0 Å². The molecule has 0 heterocycles. The number of benzene rings is 3. The normalized spacial score (nSPS) is 14.2. The standard InChI is InChI=1S/C46H46N2/c1-8-15-39(34(5)6)32-42(11-4)48(45-30-21-36(10-3)40(33-45)16-9-2)44-28-24-38(25-29-44)37-22-26-43(27-23-37)47(7)46-20-14-18-35-17-12-13-19-41(46)31-35/h8-30,32-33H,3-4,31H2,1-2,5-7H3/b15-8-,16-9-,42-32+. The van der Waals surface area contributed by atoms with Crippen LogP contribution in [0.3, 0.4) is 0 Å². The number of nitrogens with zero attached hydrogens (tertiary/aromatic N) is 2. The second kappa shape index (κ2) is 15.8. The molecule has 48 heavy (non-hydrogen) atoms. The van der Waals surface area contributed by atoms with E-state index >= 15 is 0 Å². The van der Waals surface area contributed by atoms with Crippen molar-refractivity contribution < 1.29 is 0 Å². The molecule has 2 heteroatoms. The summed E-state index contributed by atoms with van der Waals surface area (Å²) in [5.41, 5.74) is 15.1. The summed E-state index contributed by atoms with van der Waals surface area (Å²) in [5.74, 6) is 0. The number of likely N-dealkylation sites (N-methyl/N-ethyl adjacent to an activating group) is 1.